The number of nitro groups is 1. The quantitative estimate of drug-likeness (QED) is 0.498. The summed E-state index contributed by atoms with van der Waals surface area (Å²) in [5, 5.41) is 11.0. The first-order valence-corrected chi connectivity index (χ1v) is 5.43. The van der Waals surface area contributed by atoms with E-state index < -0.39 is 16.4 Å². The Balaban J connectivity index is 2.42. The average Bonchev–Trinajstić information content (AvgIpc) is 2.42. The Hall–Kier alpha value is -2.81. The highest BCUT2D eigenvalue weighted by Gasteiger charge is 2.24. The van der Waals surface area contributed by atoms with Crippen molar-refractivity contribution < 1.29 is 14.1 Å². The average molecular weight is 279 g/mol. The van der Waals surface area contributed by atoms with Crippen LogP contribution in [0.1, 0.15) is 5.56 Å². The van der Waals surface area contributed by atoms with Crippen molar-refractivity contribution in [1.29, 1.82) is 0 Å². The summed E-state index contributed by atoms with van der Waals surface area (Å²) in [4.78, 5) is 17.5. The number of halogens is 1. The van der Waals surface area contributed by atoms with Crippen LogP contribution >= 0.6 is 0 Å². The van der Waals surface area contributed by atoms with E-state index in [1.54, 1.807) is 6.92 Å². The van der Waals surface area contributed by atoms with Crippen LogP contribution in [0.2, 0.25) is 0 Å². The van der Waals surface area contributed by atoms with Crippen LogP contribution in [0.3, 0.4) is 0 Å². The normalized spacial score (nSPS) is 10.2. The number of nitrogen functional groups attached to an aromatic ring is 1. The molecule has 0 bridgehead atoms. The highest BCUT2D eigenvalue weighted by molar-refractivity contribution is 5.61. The van der Waals surface area contributed by atoms with Gasteiger partial charge in [-0.1, -0.05) is 6.07 Å². The van der Waals surface area contributed by atoms with Crippen LogP contribution in [0.4, 0.5) is 15.9 Å². The molecule has 1 heterocycles. The molecule has 0 fully saturated rings. The molecule has 2 rings (SSSR count). The topological polar surface area (TPSA) is 116 Å². The van der Waals surface area contributed by atoms with E-state index >= 15 is 0 Å². The largest absolute Gasteiger partial charge is 0.433 e. The lowest BCUT2D eigenvalue weighted by molar-refractivity contribution is -0.385. The van der Waals surface area contributed by atoms with Crippen molar-refractivity contribution in [3.8, 4) is 11.6 Å². The Morgan fingerprint density at radius 2 is 2.20 bits per heavy atom. The van der Waals surface area contributed by atoms with E-state index in [2.05, 4.69) is 15.4 Å². The summed E-state index contributed by atoms with van der Waals surface area (Å²) in [6, 6.07) is 4.07. The Bertz CT molecular complexity index is 665. The first kappa shape index (κ1) is 13.6. The first-order chi connectivity index (χ1) is 9.52. The lowest BCUT2D eigenvalue weighted by atomic mass is 10.2. The summed E-state index contributed by atoms with van der Waals surface area (Å²) in [5.41, 5.74) is 1.97. The standard InChI is InChI=1S/C11H10FN5O3/c1-6-2-3-7(4-8(6)12)20-11-9(17(18)19)10(16-13)14-5-15-11/h2-5H,13H2,1H3,(H,14,15,16). The summed E-state index contributed by atoms with van der Waals surface area (Å²) in [7, 11) is 0. The molecule has 1 aromatic carbocycles. The maximum Gasteiger partial charge on any atom is 0.374 e. The van der Waals surface area contributed by atoms with Gasteiger partial charge in [0.1, 0.15) is 17.9 Å². The lowest BCUT2D eigenvalue weighted by Crippen LogP contribution is -2.12. The molecule has 9 heteroatoms. The minimum Gasteiger partial charge on any atom is -0.433 e. The van der Waals surface area contributed by atoms with Gasteiger partial charge in [0.15, 0.2) is 0 Å². The van der Waals surface area contributed by atoms with Crippen molar-refractivity contribution in [3.63, 3.8) is 0 Å². The van der Waals surface area contributed by atoms with Gasteiger partial charge >= 0.3 is 11.6 Å². The molecule has 0 aliphatic heterocycles. The summed E-state index contributed by atoms with van der Waals surface area (Å²) < 4.78 is 18.6. The zero-order valence-corrected chi connectivity index (χ0v) is 10.3. The minimum absolute atomic E-state index is 0.0814. The number of hydrogen-bond donors (Lipinski definition) is 2. The van der Waals surface area contributed by atoms with Crippen LogP contribution in [-0.2, 0) is 0 Å². The fourth-order valence-electron chi connectivity index (χ4n) is 1.46. The Labute approximate surface area is 112 Å². The summed E-state index contributed by atoms with van der Waals surface area (Å²) in [6.45, 7) is 1.59. The third kappa shape index (κ3) is 2.62. The lowest BCUT2D eigenvalue weighted by Gasteiger charge is -2.07. The van der Waals surface area contributed by atoms with Crippen LogP contribution < -0.4 is 16.0 Å². The van der Waals surface area contributed by atoms with E-state index in [0.717, 1.165) is 12.4 Å². The summed E-state index contributed by atoms with van der Waals surface area (Å²) in [5.74, 6) is 4.19. The third-order valence-electron chi connectivity index (χ3n) is 2.47. The predicted octanol–water partition coefficient (Wildman–Crippen LogP) is 1.91. The van der Waals surface area contributed by atoms with E-state index in [-0.39, 0.29) is 17.4 Å². The van der Waals surface area contributed by atoms with Crippen molar-refractivity contribution >= 4 is 11.5 Å². The molecule has 1 aromatic heterocycles. The van der Waals surface area contributed by atoms with Crippen LogP contribution in [0, 0.1) is 22.9 Å². The third-order valence-corrected chi connectivity index (χ3v) is 2.47. The number of anilines is 1. The molecule has 20 heavy (non-hydrogen) atoms. The second-order valence-electron chi connectivity index (χ2n) is 3.79. The molecule has 0 aliphatic rings. The molecule has 104 valence electrons. The van der Waals surface area contributed by atoms with Gasteiger partial charge in [0.2, 0.25) is 5.82 Å². The first-order valence-electron chi connectivity index (χ1n) is 5.43. The van der Waals surface area contributed by atoms with Crippen molar-refractivity contribution in [2.75, 3.05) is 5.43 Å². The van der Waals surface area contributed by atoms with E-state index in [4.69, 9.17) is 10.6 Å². The molecule has 8 nitrogen and oxygen atoms in total. The molecule has 0 spiro atoms. The Kier molecular flexibility index (Phi) is 3.71. The van der Waals surface area contributed by atoms with E-state index in [1.807, 2.05) is 0 Å². The highest BCUT2D eigenvalue weighted by atomic mass is 19.1. The number of nitrogens with two attached hydrogens (primary N) is 1. The number of rotatable bonds is 4. The van der Waals surface area contributed by atoms with Crippen LogP contribution in [0.5, 0.6) is 11.6 Å². The second kappa shape index (κ2) is 5.45. The second-order valence-corrected chi connectivity index (χ2v) is 3.79. The number of aryl methyl sites for hydroxylation is 1. The molecular weight excluding hydrogens is 269 g/mol. The van der Waals surface area contributed by atoms with Gasteiger partial charge in [-0.15, -0.1) is 0 Å². The Morgan fingerprint density at radius 3 is 2.80 bits per heavy atom. The maximum absolute atomic E-state index is 13.4. The number of nitrogens with zero attached hydrogens (tertiary/aromatic N) is 3. The molecule has 3 N–H and O–H groups in total. The molecule has 0 saturated heterocycles. The summed E-state index contributed by atoms with van der Waals surface area (Å²) in [6.07, 6.45) is 1.04. The molecule has 0 unspecified atom stereocenters. The molecule has 0 saturated carbocycles. The van der Waals surface area contributed by atoms with Gasteiger partial charge in [0.25, 0.3) is 0 Å². The molecule has 0 aliphatic carbocycles. The highest BCUT2D eigenvalue weighted by Crippen LogP contribution is 2.33. The summed E-state index contributed by atoms with van der Waals surface area (Å²) >= 11 is 0. The fraction of sp³-hybridized carbons (Fsp3) is 0.0909. The minimum atomic E-state index is -0.741. The zero-order valence-electron chi connectivity index (χ0n) is 10.3. The van der Waals surface area contributed by atoms with Crippen molar-refractivity contribution in [3.05, 3.63) is 46.0 Å². The van der Waals surface area contributed by atoms with Gasteiger partial charge in [-0.05, 0) is 18.6 Å². The van der Waals surface area contributed by atoms with E-state index in [1.165, 1.54) is 12.1 Å². The number of benzene rings is 1. The van der Waals surface area contributed by atoms with Gasteiger partial charge in [-0.3, -0.25) is 10.1 Å². The van der Waals surface area contributed by atoms with E-state index in [9.17, 15) is 14.5 Å². The molecule has 0 atom stereocenters. The predicted molar refractivity (Wildman–Crippen MR) is 67.7 cm³/mol. The number of aromatic nitrogens is 2. The van der Waals surface area contributed by atoms with Gasteiger partial charge in [-0.2, -0.15) is 4.98 Å². The van der Waals surface area contributed by atoms with Crippen LogP contribution in [-0.4, -0.2) is 14.9 Å². The van der Waals surface area contributed by atoms with Gasteiger partial charge in [0, 0.05) is 6.07 Å². The SMILES string of the molecule is Cc1ccc(Oc2ncnc(NN)c2[N+](=O)[O-])cc1F. The van der Waals surface area contributed by atoms with Gasteiger partial charge in [0.05, 0.1) is 4.92 Å². The molecule has 2 aromatic rings. The van der Waals surface area contributed by atoms with Gasteiger partial charge in [-0.25, -0.2) is 15.2 Å². The number of ether oxygens (including phenoxy) is 1. The smallest absolute Gasteiger partial charge is 0.374 e. The zero-order chi connectivity index (χ0) is 14.7. The van der Waals surface area contributed by atoms with Crippen LogP contribution in [0.15, 0.2) is 24.5 Å². The monoisotopic (exact) mass is 279 g/mol. The van der Waals surface area contributed by atoms with Crippen molar-refractivity contribution in [1.82, 2.24) is 9.97 Å². The number of nitrogens with one attached hydrogen (secondary N) is 1. The molecular formula is C11H10FN5O3. The number of hydrazine groups is 1. The maximum atomic E-state index is 13.4. The van der Waals surface area contributed by atoms with Crippen molar-refractivity contribution in [2.24, 2.45) is 5.84 Å². The Morgan fingerprint density at radius 1 is 1.45 bits per heavy atom. The molecule has 0 radical (unpaired) electrons. The molecule has 0 amide bonds. The van der Waals surface area contributed by atoms with Gasteiger partial charge < -0.3 is 10.2 Å². The number of hydrogen-bond acceptors (Lipinski definition) is 7. The van der Waals surface area contributed by atoms with Crippen LogP contribution in [0.25, 0.3) is 0 Å². The fourth-order valence-corrected chi connectivity index (χ4v) is 1.46. The van der Waals surface area contributed by atoms with Crippen molar-refractivity contribution in [2.45, 2.75) is 6.92 Å². The van der Waals surface area contributed by atoms with E-state index in [0.29, 0.717) is 5.56 Å².